The maximum Gasteiger partial charge on any atom is 0.185 e. The van der Waals surface area contributed by atoms with Crippen molar-refractivity contribution in [2.75, 3.05) is 32.2 Å². The Bertz CT molecular complexity index is 376. The Balaban J connectivity index is 1.95. The highest BCUT2D eigenvalue weighted by Crippen LogP contribution is 2.34. The zero-order chi connectivity index (χ0) is 13.0. The number of ether oxygens (including phenoxy) is 1. The van der Waals surface area contributed by atoms with Crippen LogP contribution >= 0.6 is 11.3 Å². The van der Waals surface area contributed by atoms with Crippen molar-refractivity contribution in [3.8, 4) is 0 Å². The Hall–Kier alpha value is -0.650. The molecule has 0 unspecified atom stereocenters. The standard InChI is InChI=1S/C13H23N3OS/c1-4-11-12(9-14-7-8-17-3)18-13(15-11)16(2)10-5-6-10/h10,14H,4-9H2,1-3H3. The predicted molar refractivity (Wildman–Crippen MR) is 76.5 cm³/mol. The number of anilines is 1. The number of rotatable bonds is 8. The van der Waals surface area contributed by atoms with E-state index in [-0.39, 0.29) is 0 Å². The van der Waals surface area contributed by atoms with Crippen molar-refractivity contribution in [1.82, 2.24) is 10.3 Å². The molecule has 18 heavy (non-hydrogen) atoms. The SMILES string of the molecule is CCc1nc(N(C)C2CC2)sc1CNCCOC. The van der Waals surface area contributed by atoms with E-state index in [2.05, 4.69) is 24.2 Å². The molecule has 1 aliphatic rings. The molecule has 1 aromatic heterocycles. The Labute approximate surface area is 113 Å². The van der Waals surface area contributed by atoms with Crippen molar-refractivity contribution in [1.29, 1.82) is 0 Å². The van der Waals surface area contributed by atoms with E-state index in [1.807, 2.05) is 11.3 Å². The van der Waals surface area contributed by atoms with E-state index in [1.165, 1.54) is 28.5 Å². The second kappa shape index (κ2) is 6.50. The van der Waals surface area contributed by atoms with Crippen LogP contribution in [0.1, 0.15) is 30.3 Å². The van der Waals surface area contributed by atoms with Crippen LogP contribution in [0.25, 0.3) is 0 Å². The molecule has 0 bridgehead atoms. The lowest BCUT2D eigenvalue weighted by Gasteiger charge is -2.13. The van der Waals surface area contributed by atoms with Gasteiger partial charge in [0.25, 0.3) is 0 Å². The Morgan fingerprint density at radius 2 is 2.28 bits per heavy atom. The van der Waals surface area contributed by atoms with Crippen LogP contribution in [0.4, 0.5) is 5.13 Å². The van der Waals surface area contributed by atoms with Gasteiger partial charge in [-0.1, -0.05) is 6.92 Å². The number of aromatic nitrogens is 1. The van der Waals surface area contributed by atoms with Gasteiger partial charge in [0.2, 0.25) is 0 Å². The Kier molecular flexibility index (Phi) is 4.97. The lowest BCUT2D eigenvalue weighted by molar-refractivity contribution is 0.199. The van der Waals surface area contributed by atoms with Crippen LogP contribution in [-0.4, -0.2) is 38.3 Å². The summed E-state index contributed by atoms with van der Waals surface area (Å²) in [5.41, 5.74) is 1.24. The minimum absolute atomic E-state index is 0.732. The molecule has 0 saturated heterocycles. The third-order valence-corrected chi connectivity index (χ3v) is 4.45. The first-order valence-corrected chi connectivity index (χ1v) is 7.49. The van der Waals surface area contributed by atoms with Gasteiger partial charge in [0.05, 0.1) is 12.3 Å². The maximum atomic E-state index is 5.04. The third-order valence-electron chi connectivity index (χ3n) is 3.27. The lowest BCUT2D eigenvalue weighted by atomic mass is 10.3. The van der Waals surface area contributed by atoms with E-state index in [0.29, 0.717) is 0 Å². The maximum absolute atomic E-state index is 5.04. The van der Waals surface area contributed by atoms with Crippen molar-refractivity contribution in [3.05, 3.63) is 10.6 Å². The second-order valence-electron chi connectivity index (χ2n) is 4.73. The molecule has 1 aliphatic carbocycles. The van der Waals surface area contributed by atoms with Crippen LogP contribution in [0, 0.1) is 0 Å². The summed E-state index contributed by atoms with van der Waals surface area (Å²) in [5.74, 6) is 0. The zero-order valence-electron chi connectivity index (χ0n) is 11.5. The van der Waals surface area contributed by atoms with Gasteiger partial charge in [-0.15, -0.1) is 11.3 Å². The van der Waals surface area contributed by atoms with E-state index in [1.54, 1.807) is 7.11 Å². The molecule has 0 aliphatic heterocycles. The minimum atomic E-state index is 0.732. The molecule has 2 rings (SSSR count). The molecule has 102 valence electrons. The molecule has 5 heteroatoms. The normalized spacial score (nSPS) is 15.1. The Morgan fingerprint density at radius 3 is 2.89 bits per heavy atom. The number of hydrogen-bond donors (Lipinski definition) is 1. The summed E-state index contributed by atoms with van der Waals surface area (Å²) in [6.45, 7) is 4.73. The van der Waals surface area contributed by atoms with Crippen LogP contribution < -0.4 is 10.2 Å². The number of thiazole rings is 1. The van der Waals surface area contributed by atoms with Crippen molar-refractivity contribution < 1.29 is 4.74 Å². The molecule has 0 spiro atoms. The van der Waals surface area contributed by atoms with Gasteiger partial charge >= 0.3 is 0 Å². The lowest BCUT2D eigenvalue weighted by Crippen LogP contribution is -2.19. The van der Waals surface area contributed by atoms with E-state index < -0.39 is 0 Å². The van der Waals surface area contributed by atoms with Crippen molar-refractivity contribution in [2.24, 2.45) is 0 Å². The first-order chi connectivity index (χ1) is 8.76. The van der Waals surface area contributed by atoms with Gasteiger partial charge in [-0.3, -0.25) is 0 Å². The molecule has 0 amide bonds. The molecule has 1 aromatic rings. The van der Waals surface area contributed by atoms with E-state index in [9.17, 15) is 0 Å². The van der Waals surface area contributed by atoms with Gasteiger partial charge in [-0.2, -0.15) is 0 Å². The third kappa shape index (κ3) is 3.43. The molecule has 4 nitrogen and oxygen atoms in total. The number of methoxy groups -OCH3 is 1. The first kappa shape index (κ1) is 13.8. The molecule has 1 saturated carbocycles. The van der Waals surface area contributed by atoms with E-state index in [4.69, 9.17) is 9.72 Å². The molecule has 0 radical (unpaired) electrons. The summed E-state index contributed by atoms with van der Waals surface area (Å²) in [7, 11) is 3.90. The van der Waals surface area contributed by atoms with Gasteiger partial charge in [0, 0.05) is 38.2 Å². The average molecular weight is 269 g/mol. The summed E-state index contributed by atoms with van der Waals surface area (Å²) in [5, 5.41) is 4.58. The summed E-state index contributed by atoms with van der Waals surface area (Å²) in [4.78, 5) is 8.47. The molecule has 0 aromatic carbocycles. The highest BCUT2D eigenvalue weighted by molar-refractivity contribution is 7.15. The summed E-state index contributed by atoms with van der Waals surface area (Å²) >= 11 is 1.83. The molecule has 0 atom stereocenters. The van der Waals surface area contributed by atoms with Gasteiger partial charge in [-0.05, 0) is 19.3 Å². The van der Waals surface area contributed by atoms with Gasteiger partial charge in [0.1, 0.15) is 0 Å². The fraction of sp³-hybridized carbons (Fsp3) is 0.769. The number of aryl methyl sites for hydroxylation is 1. The van der Waals surface area contributed by atoms with Gasteiger partial charge in [0.15, 0.2) is 5.13 Å². The summed E-state index contributed by atoms with van der Waals surface area (Å²) in [6, 6.07) is 0.732. The highest BCUT2D eigenvalue weighted by Gasteiger charge is 2.28. The van der Waals surface area contributed by atoms with Crippen LogP contribution in [-0.2, 0) is 17.7 Å². The van der Waals surface area contributed by atoms with Crippen LogP contribution in [0.15, 0.2) is 0 Å². The second-order valence-corrected chi connectivity index (χ2v) is 5.79. The first-order valence-electron chi connectivity index (χ1n) is 6.67. The van der Waals surface area contributed by atoms with Crippen LogP contribution in [0.2, 0.25) is 0 Å². The minimum Gasteiger partial charge on any atom is -0.383 e. The largest absolute Gasteiger partial charge is 0.383 e. The highest BCUT2D eigenvalue weighted by atomic mass is 32.1. The quantitative estimate of drug-likeness (QED) is 0.733. The Morgan fingerprint density at radius 1 is 1.50 bits per heavy atom. The topological polar surface area (TPSA) is 37.4 Å². The fourth-order valence-corrected chi connectivity index (χ4v) is 3.08. The van der Waals surface area contributed by atoms with Crippen molar-refractivity contribution in [3.63, 3.8) is 0 Å². The molecule has 1 fully saturated rings. The molecule has 1 N–H and O–H groups in total. The van der Waals surface area contributed by atoms with Gasteiger partial charge < -0.3 is 15.0 Å². The molecular formula is C13H23N3OS. The van der Waals surface area contributed by atoms with E-state index in [0.717, 1.165) is 32.2 Å². The number of hydrogen-bond acceptors (Lipinski definition) is 5. The summed E-state index contributed by atoms with van der Waals surface area (Å²) in [6.07, 6.45) is 3.65. The van der Waals surface area contributed by atoms with Crippen LogP contribution in [0.5, 0.6) is 0 Å². The summed E-state index contributed by atoms with van der Waals surface area (Å²) < 4.78 is 5.04. The van der Waals surface area contributed by atoms with Crippen LogP contribution in [0.3, 0.4) is 0 Å². The average Bonchev–Trinajstić information content (AvgIpc) is 3.14. The monoisotopic (exact) mass is 269 g/mol. The van der Waals surface area contributed by atoms with Crippen molar-refractivity contribution >= 4 is 16.5 Å². The molecular weight excluding hydrogens is 246 g/mol. The molecule has 1 heterocycles. The van der Waals surface area contributed by atoms with Crippen molar-refractivity contribution in [2.45, 2.75) is 38.8 Å². The predicted octanol–water partition coefficient (Wildman–Crippen LogP) is 2.04. The smallest absolute Gasteiger partial charge is 0.185 e. The van der Waals surface area contributed by atoms with Gasteiger partial charge in [-0.25, -0.2) is 4.98 Å². The zero-order valence-corrected chi connectivity index (χ0v) is 12.3. The fourth-order valence-electron chi connectivity index (χ4n) is 1.93. The van der Waals surface area contributed by atoms with E-state index >= 15 is 0 Å². The number of nitrogens with one attached hydrogen (secondary N) is 1. The number of nitrogens with zero attached hydrogens (tertiary/aromatic N) is 2.